The molecule has 2 atom stereocenters. The number of nitrogens with zero attached hydrogens (tertiary/aromatic N) is 4. The van der Waals surface area contributed by atoms with Crippen molar-refractivity contribution in [1.82, 2.24) is 19.7 Å². The van der Waals surface area contributed by atoms with Gasteiger partial charge in [-0.05, 0) is 37.8 Å². The highest BCUT2D eigenvalue weighted by Crippen LogP contribution is 2.33. The first-order chi connectivity index (χ1) is 15.7. The van der Waals surface area contributed by atoms with E-state index >= 15 is 0 Å². The van der Waals surface area contributed by atoms with Gasteiger partial charge in [-0.15, -0.1) is 10.2 Å². The van der Waals surface area contributed by atoms with E-state index < -0.39 is 0 Å². The number of fused-ring (bicyclic) bond motifs is 1. The first kappa shape index (κ1) is 20.8. The van der Waals surface area contributed by atoms with Gasteiger partial charge in [-0.1, -0.05) is 59.8 Å². The van der Waals surface area contributed by atoms with Crippen molar-refractivity contribution >= 4 is 22.7 Å². The lowest BCUT2D eigenvalue weighted by Gasteiger charge is -2.16. The summed E-state index contributed by atoms with van der Waals surface area (Å²) in [5, 5.41) is 20.6. The number of aromatic amines is 1. The molecular weight excluding hydrogens is 418 g/mol. The van der Waals surface area contributed by atoms with Crippen LogP contribution in [-0.2, 0) is 17.7 Å². The molecular formula is C25H25N5OS. The van der Waals surface area contributed by atoms with E-state index in [0.717, 1.165) is 52.5 Å². The molecule has 0 bridgehead atoms. The first-order valence-electron chi connectivity index (χ1n) is 10.9. The molecule has 2 aromatic carbocycles. The Balaban J connectivity index is 1.47. The largest absolute Gasteiger partial charge is 0.376 e. The Morgan fingerprint density at radius 2 is 2.06 bits per heavy atom. The van der Waals surface area contributed by atoms with Crippen LogP contribution in [0.5, 0.6) is 0 Å². The number of aryl methyl sites for hydroxylation is 1. The standard InChI is InChI=1S/C25H25N5OS/c1-17-8-10-18(11-9-17)13-20(14-26)32-25-29-28-24(30(25)16-19-5-4-12-31-19)22-15-27-23-7-3-2-6-21(22)23/h2-3,6-11,15,19-20,27H,4-5,12-13,16H2,1H3. The first-order valence-corrected chi connectivity index (χ1v) is 11.8. The number of aromatic nitrogens is 4. The molecule has 0 aliphatic carbocycles. The van der Waals surface area contributed by atoms with Crippen molar-refractivity contribution in [2.24, 2.45) is 0 Å². The fourth-order valence-corrected chi connectivity index (χ4v) is 5.13. The van der Waals surface area contributed by atoms with Crippen LogP contribution in [0.15, 0.2) is 59.9 Å². The number of hydrogen-bond acceptors (Lipinski definition) is 5. The lowest BCUT2D eigenvalue weighted by Crippen LogP contribution is -2.17. The number of nitriles is 1. The predicted molar refractivity (Wildman–Crippen MR) is 126 cm³/mol. The molecule has 2 aromatic heterocycles. The van der Waals surface area contributed by atoms with E-state index in [1.807, 2.05) is 18.3 Å². The van der Waals surface area contributed by atoms with Crippen LogP contribution in [0.4, 0.5) is 0 Å². The summed E-state index contributed by atoms with van der Waals surface area (Å²) in [6.45, 7) is 3.55. The summed E-state index contributed by atoms with van der Waals surface area (Å²) in [6.07, 6.45) is 4.90. The number of rotatable bonds is 7. The summed E-state index contributed by atoms with van der Waals surface area (Å²) < 4.78 is 8.06. The van der Waals surface area contributed by atoms with Crippen LogP contribution >= 0.6 is 11.8 Å². The molecule has 1 fully saturated rings. The van der Waals surface area contributed by atoms with Crippen molar-refractivity contribution in [3.63, 3.8) is 0 Å². The number of ether oxygens (including phenoxy) is 1. The van der Waals surface area contributed by atoms with E-state index in [9.17, 15) is 5.26 Å². The molecule has 1 saturated heterocycles. The monoisotopic (exact) mass is 443 g/mol. The number of H-pyrrole nitrogens is 1. The van der Waals surface area contributed by atoms with Crippen molar-refractivity contribution in [2.45, 2.75) is 49.2 Å². The summed E-state index contributed by atoms with van der Waals surface area (Å²) in [5.74, 6) is 0.812. The smallest absolute Gasteiger partial charge is 0.192 e. The molecule has 6 nitrogen and oxygen atoms in total. The highest BCUT2D eigenvalue weighted by Gasteiger charge is 2.25. The molecule has 4 aromatic rings. The SMILES string of the molecule is Cc1ccc(CC(C#N)Sc2nnc(-c3c[nH]c4ccccc34)n2CC2CCCO2)cc1. The minimum absolute atomic E-state index is 0.145. The number of benzene rings is 2. The normalized spacial score (nSPS) is 16.9. The number of nitrogens with one attached hydrogen (secondary N) is 1. The Morgan fingerprint density at radius 1 is 1.22 bits per heavy atom. The van der Waals surface area contributed by atoms with Gasteiger partial charge in [0.25, 0.3) is 0 Å². The lowest BCUT2D eigenvalue weighted by molar-refractivity contribution is 0.0953. The van der Waals surface area contributed by atoms with E-state index in [1.165, 1.54) is 17.3 Å². The number of hydrogen-bond donors (Lipinski definition) is 1. The van der Waals surface area contributed by atoms with Crippen LogP contribution in [0.3, 0.4) is 0 Å². The van der Waals surface area contributed by atoms with Gasteiger partial charge in [0.15, 0.2) is 11.0 Å². The van der Waals surface area contributed by atoms with E-state index in [0.29, 0.717) is 13.0 Å². The Morgan fingerprint density at radius 3 is 2.84 bits per heavy atom. The second-order valence-electron chi connectivity index (χ2n) is 8.23. The summed E-state index contributed by atoms with van der Waals surface area (Å²) in [7, 11) is 0. The summed E-state index contributed by atoms with van der Waals surface area (Å²) >= 11 is 1.48. The number of thioether (sulfide) groups is 1. The van der Waals surface area contributed by atoms with Crippen molar-refractivity contribution in [1.29, 1.82) is 5.26 Å². The molecule has 7 heteroatoms. The zero-order chi connectivity index (χ0) is 21.9. The van der Waals surface area contributed by atoms with Crippen molar-refractivity contribution < 1.29 is 4.74 Å². The fourth-order valence-electron chi connectivity index (χ4n) is 4.17. The van der Waals surface area contributed by atoms with E-state index in [-0.39, 0.29) is 11.4 Å². The van der Waals surface area contributed by atoms with Gasteiger partial charge in [-0.2, -0.15) is 5.26 Å². The topological polar surface area (TPSA) is 79.5 Å². The maximum absolute atomic E-state index is 9.85. The third-order valence-electron chi connectivity index (χ3n) is 5.89. The lowest BCUT2D eigenvalue weighted by atomic mass is 10.1. The second-order valence-corrected chi connectivity index (χ2v) is 9.39. The molecule has 0 spiro atoms. The predicted octanol–water partition coefficient (Wildman–Crippen LogP) is 5.14. The van der Waals surface area contributed by atoms with Crippen LogP contribution in [0.25, 0.3) is 22.3 Å². The minimum Gasteiger partial charge on any atom is -0.376 e. The molecule has 32 heavy (non-hydrogen) atoms. The van der Waals surface area contributed by atoms with E-state index in [2.05, 4.69) is 69.1 Å². The van der Waals surface area contributed by atoms with Crippen LogP contribution in [-0.4, -0.2) is 37.7 Å². The van der Waals surface area contributed by atoms with Crippen LogP contribution in [0.2, 0.25) is 0 Å². The average Bonchev–Trinajstić information content (AvgIpc) is 3.56. The molecule has 0 radical (unpaired) electrons. The molecule has 3 heterocycles. The summed E-state index contributed by atoms with van der Waals surface area (Å²) in [6, 6.07) is 19.0. The molecule has 162 valence electrons. The molecule has 1 aliphatic heterocycles. The summed E-state index contributed by atoms with van der Waals surface area (Å²) in [4.78, 5) is 3.33. The Kier molecular flexibility index (Phi) is 5.97. The summed E-state index contributed by atoms with van der Waals surface area (Å²) in [5.41, 5.74) is 4.45. The second kappa shape index (κ2) is 9.19. The van der Waals surface area contributed by atoms with Gasteiger partial charge in [0.2, 0.25) is 0 Å². The number of para-hydroxylation sites is 1. The maximum atomic E-state index is 9.85. The fraction of sp³-hybridized carbons (Fsp3) is 0.320. The highest BCUT2D eigenvalue weighted by molar-refractivity contribution is 8.00. The third kappa shape index (κ3) is 4.29. The van der Waals surface area contributed by atoms with Crippen molar-refractivity contribution in [2.75, 3.05) is 6.61 Å². The Bertz CT molecular complexity index is 1250. The molecule has 2 unspecified atom stereocenters. The van der Waals surface area contributed by atoms with E-state index in [1.54, 1.807) is 0 Å². The van der Waals surface area contributed by atoms with Gasteiger partial charge in [-0.3, -0.25) is 4.57 Å². The highest BCUT2D eigenvalue weighted by atomic mass is 32.2. The van der Waals surface area contributed by atoms with Gasteiger partial charge in [0, 0.05) is 29.3 Å². The van der Waals surface area contributed by atoms with Crippen LogP contribution < -0.4 is 0 Å². The van der Waals surface area contributed by atoms with Gasteiger partial charge in [-0.25, -0.2) is 0 Å². The zero-order valence-corrected chi connectivity index (χ0v) is 18.8. The average molecular weight is 444 g/mol. The third-order valence-corrected chi connectivity index (χ3v) is 6.96. The quantitative estimate of drug-likeness (QED) is 0.400. The van der Waals surface area contributed by atoms with Gasteiger partial charge in [0.05, 0.1) is 18.7 Å². The van der Waals surface area contributed by atoms with Crippen LogP contribution in [0, 0.1) is 18.3 Å². The Hall–Kier alpha value is -3.08. The van der Waals surface area contributed by atoms with Crippen LogP contribution in [0.1, 0.15) is 24.0 Å². The van der Waals surface area contributed by atoms with Gasteiger partial charge < -0.3 is 9.72 Å². The molecule has 1 aliphatic rings. The maximum Gasteiger partial charge on any atom is 0.192 e. The molecule has 1 N–H and O–H groups in total. The van der Waals surface area contributed by atoms with E-state index in [4.69, 9.17) is 4.74 Å². The molecule has 0 amide bonds. The Labute approximate surface area is 191 Å². The van der Waals surface area contributed by atoms with Gasteiger partial charge in [0.1, 0.15) is 5.25 Å². The van der Waals surface area contributed by atoms with Gasteiger partial charge >= 0.3 is 0 Å². The van der Waals surface area contributed by atoms with Crippen molar-refractivity contribution in [3.05, 3.63) is 65.9 Å². The van der Waals surface area contributed by atoms with Crippen molar-refractivity contribution in [3.8, 4) is 17.5 Å². The minimum atomic E-state index is -0.249. The molecule has 0 saturated carbocycles. The molecule has 5 rings (SSSR count). The zero-order valence-electron chi connectivity index (χ0n) is 18.0.